The summed E-state index contributed by atoms with van der Waals surface area (Å²) in [5.74, 6) is -1.13. The lowest BCUT2D eigenvalue weighted by atomic mass is 10.0. The molecular formula is C12H12N4O4. The molecule has 104 valence electrons. The van der Waals surface area contributed by atoms with Gasteiger partial charge in [-0.15, -0.1) is 0 Å². The van der Waals surface area contributed by atoms with Gasteiger partial charge in [-0.25, -0.2) is 0 Å². The van der Waals surface area contributed by atoms with E-state index in [1.807, 2.05) is 6.07 Å². The molecule has 1 heterocycles. The van der Waals surface area contributed by atoms with E-state index in [0.29, 0.717) is 6.54 Å². The third-order valence-corrected chi connectivity index (χ3v) is 3.37. The molecule has 0 saturated carbocycles. The fraction of sp³-hybridized carbons (Fsp3) is 0.333. The SMILES string of the molecule is N#Cc1ccc(N2CCC(N)(C(=O)O)C2)c([N+](=O)[O-])c1. The van der Waals surface area contributed by atoms with Crippen LogP contribution < -0.4 is 10.6 Å². The molecule has 1 fully saturated rings. The second kappa shape index (κ2) is 4.79. The molecule has 0 aromatic heterocycles. The minimum absolute atomic E-state index is 0.00489. The summed E-state index contributed by atoms with van der Waals surface area (Å²) in [6.07, 6.45) is 0.208. The molecule has 8 nitrogen and oxygen atoms in total. The number of carboxylic acid groups (broad SMARTS) is 1. The van der Waals surface area contributed by atoms with E-state index in [9.17, 15) is 14.9 Å². The minimum atomic E-state index is -1.40. The van der Waals surface area contributed by atoms with Crippen molar-refractivity contribution in [2.75, 3.05) is 18.0 Å². The summed E-state index contributed by atoms with van der Waals surface area (Å²) in [4.78, 5) is 23.1. The number of rotatable bonds is 3. The van der Waals surface area contributed by atoms with E-state index >= 15 is 0 Å². The number of aliphatic carboxylic acids is 1. The normalized spacial score (nSPS) is 21.5. The fourth-order valence-corrected chi connectivity index (χ4v) is 2.22. The lowest BCUT2D eigenvalue weighted by Crippen LogP contribution is -2.50. The van der Waals surface area contributed by atoms with Gasteiger partial charge >= 0.3 is 5.97 Å². The number of nitriles is 1. The first kappa shape index (κ1) is 13.8. The maximum absolute atomic E-state index is 11.1. The molecule has 0 amide bonds. The molecule has 1 saturated heterocycles. The monoisotopic (exact) mass is 276 g/mol. The Morgan fingerprint density at radius 1 is 1.60 bits per heavy atom. The zero-order valence-corrected chi connectivity index (χ0v) is 10.4. The van der Waals surface area contributed by atoms with Crippen LogP contribution >= 0.6 is 0 Å². The summed E-state index contributed by atoms with van der Waals surface area (Å²) in [7, 11) is 0. The highest BCUT2D eigenvalue weighted by Crippen LogP contribution is 2.33. The predicted octanol–water partition coefficient (Wildman–Crippen LogP) is 0.459. The quantitative estimate of drug-likeness (QED) is 0.604. The van der Waals surface area contributed by atoms with Crippen LogP contribution in [0.2, 0.25) is 0 Å². The number of nitro groups is 1. The highest BCUT2D eigenvalue weighted by molar-refractivity contribution is 5.81. The maximum atomic E-state index is 11.1. The van der Waals surface area contributed by atoms with Crippen molar-refractivity contribution in [3.63, 3.8) is 0 Å². The molecule has 1 aliphatic rings. The van der Waals surface area contributed by atoms with Crippen LogP contribution in [0.5, 0.6) is 0 Å². The van der Waals surface area contributed by atoms with Gasteiger partial charge in [0.1, 0.15) is 11.2 Å². The summed E-state index contributed by atoms with van der Waals surface area (Å²) < 4.78 is 0. The average Bonchev–Trinajstić information content (AvgIpc) is 2.82. The molecule has 2 rings (SSSR count). The number of nitrogens with two attached hydrogens (primary N) is 1. The Labute approximate surface area is 114 Å². The first-order valence-electron chi connectivity index (χ1n) is 5.83. The van der Waals surface area contributed by atoms with E-state index in [4.69, 9.17) is 16.1 Å². The van der Waals surface area contributed by atoms with Crippen LogP contribution in [0.3, 0.4) is 0 Å². The van der Waals surface area contributed by atoms with Crippen molar-refractivity contribution >= 4 is 17.3 Å². The lowest BCUT2D eigenvalue weighted by molar-refractivity contribution is -0.384. The average molecular weight is 276 g/mol. The van der Waals surface area contributed by atoms with Gasteiger partial charge in [-0.05, 0) is 18.6 Å². The lowest BCUT2D eigenvalue weighted by Gasteiger charge is -2.21. The van der Waals surface area contributed by atoms with E-state index in [-0.39, 0.29) is 29.9 Å². The molecular weight excluding hydrogens is 264 g/mol. The van der Waals surface area contributed by atoms with E-state index in [1.54, 1.807) is 4.90 Å². The number of anilines is 1. The second-order valence-electron chi connectivity index (χ2n) is 4.71. The summed E-state index contributed by atoms with van der Waals surface area (Å²) in [6.45, 7) is 0.310. The van der Waals surface area contributed by atoms with Gasteiger partial charge in [0.15, 0.2) is 0 Å². The van der Waals surface area contributed by atoms with Crippen molar-refractivity contribution < 1.29 is 14.8 Å². The third-order valence-electron chi connectivity index (χ3n) is 3.37. The number of benzene rings is 1. The first-order chi connectivity index (χ1) is 9.37. The van der Waals surface area contributed by atoms with Crippen molar-refractivity contribution in [2.24, 2.45) is 5.73 Å². The van der Waals surface area contributed by atoms with Crippen LogP contribution in [0, 0.1) is 21.4 Å². The smallest absolute Gasteiger partial charge is 0.325 e. The van der Waals surface area contributed by atoms with Gasteiger partial charge in [-0.1, -0.05) is 0 Å². The van der Waals surface area contributed by atoms with E-state index < -0.39 is 16.4 Å². The van der Waals surface area contributed by atoms with Crippen LogP contribution in [0.15, 0.2) is 18.2 Å². The van der Waals surface area contributed by atoms with Crippen molar-refractivity contribution in [3.05, 3.63) is 33.9 Å². The largest absolute Gasteiger partial charge is 0.480 e. The fourth-order valence-electron chi connectivity index (χ4n) is 2.22. The summed E-state index contributed by atoms with van der Waals surface area (Å²) in [5, 5.41) is 28.9. The molecule has 20 heavy (non-hydrogen) atoms. The molecule has 0 aliphatic carbocycles. The van der Waals surface area contributed by atoms with Gasteiger partial charge < -0.3 is 15.7 Å². The molecule has 1 aromatic rings. The predicted molar refractivity (Wildman–Crippen MR) is 69.2 cm³/mol. The number of hydrogen-bond donors (Lipinski definition) is 2. The Hall–Kier alpha value is -2.66. The zero-order valence-electron chi connectivity index (χ0n) is 10.4. The third kappa shape index (κ3) is 2.26. The van der Waals surface area contributed by atoms with Crippen molar-refractivity contribution in [2.45, 2.75) is 12.0 Å². The number of hydrogen-bond acceptors (Lipinski definition) is 6. The highest BCUT2D eigenvalue weighted by Gasteiger charge is 2.42. The molecule has 1 aliphatic heterocycles. The molecule has 8 heteroatoms. The zero-order chi connectivity index (χ0) is 14.9. The molecule has 1 unspecified atom stereocenters. The van der Waals surface area contributed by atoms with Crippen molar-refractivity contribution in [1.29, 1.82) is 5.26 Å². The first-order valence-corrected chi connectivity index (χ1v) is 5.83. The Bertz CT molecular complexity index is 624. The van der Waals surface area contributed by atoms with Gasteiger partial charge in [0.2, 0.25) is 0 Å². The highest BCUT2D eigenvalue weighted by atomic mass is 16.6. The molecule has 1 aromatic carbocycles. The van der Waals surface area contributed by atoms with Crippen LogP contribution in [0.25, 0.3) is 0 Å². The van der Waals surface area contributed by atoms with Crippen molar-refractivity contribution in [1.82, 2.24) is 0 Å². The van der Waals surface area contributed by atoms with Crippen LogP contribution in [-0.4, -0.2) is 34.6 Å². The number of carboxylic acids is 1. The van der Waals surface area contributed by atoms with Gasteiger partial charge in [0.25, 0.3) is 5.69 Å². The molecule has 3 N–H and O–H groups in total. The number of nitro benzene ring substituents is 1. The van der Waals surface area contributed by atoms with Crippen LogP contribution in [0.4, 0.5) is 11.4 Å². The number of nitrogens with zero attached hydrogens (tertiary/aromatic N) is 3. The summed E-state index contributed by atoms with van der Waals surface area (Å²) in [6, 6.07) is 5.91. The van der Waals surface area contributed by atoms with Gasteiger partial charge in [-0.3, -0.25) is 14.9 Å². The van der Waals surface area contributed by atoms with Crippen LogP contribution in [0.1, 0.15) is 12.0 Å². The second-order valence-corrected chi connectivity index (χ2v) is 4.71. The summed E-state index contributed by atoms with van der Waals surface area (Å²) >= 11 is 0. The maximum Gasteiger partial charge on any atom is 0.325 e. The van der Waals surface area contributed by atoms with E-state index in [1.165, 1.54) is 18.2 Å². The van der Waals surface area contributed by atoms with E-state index in [0.717, 1.165) is 0 Å². The molecule has 0 bridgehead atoms. The molecule has 0 radical (unpaired) electrons. The Kier molecular flexibility index (Phi) is 3.29. The van der Waals surface area contributed by atoms with Crippen molar-refractivity contribution in [3.8, 4) is 6.07 Å². The topological polar surface area (TPSA) is 133 Å². The Morgan fingerprint density at radius 3 is 2.80 bits per heavy atom. The minimum Gasteiger partial charge on any atom is -0.480 e. The summed E-state index contributed by atoms with van der Waals surface area (Å²) in [5.41, 5.74) is 4.58. The van der Waals surface area contributed by atoms with Gasteiger partial charge in [0.05, 0.1) is 16.6 Å². The van der Waals surface area contributed by atoms with Gasteiger partial charge in [0, 0.05) is 19.2 Å². The van der Waals surface area contributed by atoms with E-state index in [2.05, 4.69) is 0 Å². The standard InChI is InChI=1S/C12H12N4O4/c13-6-8-1-2-9(10(5-8)16(19)20)15-4-3-12(14,7-15)11(17)18/h1-2,5H,3-4,7,14H2,(H,17,18). The molecule has 1 atom stereocenters. The Balaban J connectivity index is 2.38. The Morgan fingerprint density at radius 2 is 2.30 bits per heavy atom. The van der Waals surface area contributed by atoms with Gasteiger partial charge in [-0.2, -0.15) is 5.26 Å². The number of carbonyl (C=O) groups is 1. The van der Waals surface area contributed by atoms with Crippen LogP contribution in [-0.2, 0) is 4.79 Å². The molecule has 0 spiro atoms.